The van der Waals surface area contributed by atoms with Crippen molar-refractivity contribution in [2.45, 2.75) is 32.0 Å². The maximum Gasteiger partial charge on any atom is 0.119 e. The second-order valence-corrected chi connectivity index (χ2v) is 5.96. The molecule has 0 spiro atoms. The third kappa shape index (κ3) is 6.72. The van der Waals surface area contributed by atoms with Gasteiger partial charge in [-0.3, -0.25) is 0 Å². The van der Waals surface area contributed by atoms with Crippen LogP contribution in [0.5, 0.6) is 11.5 Å². The Bertz CT molecular complexity index is 557. The summed E-state index contributed by atoms with van der Waals surface area (Å²) in [7, 11) is 0. The van der Waals surface area contributed by atoms with Crippen LogP contribution in [0.3, 0.4) is 0 Å². The monoisotopic (exact) mass is 348 g/mol. The van der Waals surface area contributed by atoms with E-state index >= 15 is 0 Å². The molecule has 0 fully saturated rings. The highest BCUT2D eigenvalue weighted by molar-refractivity contribution is 5.34. The predicted molar refractivity (Wildman–Crippen MR) is 95.0 cm³/mol. The van der Waals surface area contributed by atoms with E-state index in [1.54, 1.807) is 0 Å². The summed E-state index contributed by atoms with van der Waals surface area (Å²) in [5.41, 5.74) is 2.26. The normalized spacial score (nSPS) is 13.3. The fourth-order valence-corrected chi connectivity index (χ4v) is 2.19. The van der Waals surface area contributed by atoms with Crippen molar-refractivity contribution < 1.29 is 24.1 Å². The van der Waals surface area contributed by atoms with Gasteiger partial charge in [0.1, 0.15) is 37.5 Å². The summed E-state index contributed by atoms with van der Waals surface area (Å²) >= 11 is 0. The van der Waals surface area contributed by atoms with E-state index in [2.05, 4.69) is 0 Å². The van der Waals surface area contributed by atoms with Crippen LogP contribution in [0, 0.1) is 0 Å². The molecule has 0 aromatic heterocycles. The fraction of sp³-hybridized carbons (Fsp3) is 0.400. The van der Waals surface area contributed by atoms with Crippen LogP contribution >= 0.6 is 0 Å². The van der Waals surface area contributed by atoms with Gasteiger partial charge in [0, 0.05) is 0 Å². The number of aliphatic hydroxyl groups excluding tert-OH is 2. The first kappa shape index (κ1) is 19.2. The van der Waals surface area contributed by atoms with Crippen LogP contribution in [0.1, 0.15) is 24.5 Å². The van der Waals surface area contributed by atoms with Crippen molar-refractivity contribution in [1.29, 1.82) is 0 Å². The lowest BCUT2D eigenvalue weighted by Gasteiger charge is -2.11. The minimum absolute atomic E-state index is 0.0516. The third-order valence-corrected chi connectivity index (χ3v) is 3.79. The highest BCUT2D eigenvalue weighted by Gasteiger charge is 2.05. The molecule has 0 saturated heterocycles. The number of rotatable bonds is 10. The number of ether oxygens (including phenoxy) is 2. The van der Waals surface area contributed by atoms with E-state index in [4.69, 9.17) is 14.6 Å². The molecular formula is C20H25FO4. The van der Waals surface area contributed by atoms with Gasteiger partial charge in [0.15, 0.2) is 0 Å². The van der Waals surface area contributed by atoms with Crippen LogP contribution in [-0.2, 0) is 6.42 Å². The molecule has 2 unspecified atom stereocenters. The molecule has 2 rings (SSSR count). The Balaban J connectivity index is 1.85. The molecule has 25 heavy (non-hydrogen) atoms. The molecule has 0 amide bonds. The summed E-state index contributed by atoms with van der Waals surface area (Å²) < 4.78 is 23.0. The van der Waals surface area contributed by atoms with E-state index in [1.807, 2.05) is 55.5 Å². The molecule has 2 N–H and O–H groups in total. The van der Waals surface area contributed by atoms with Crippen molar-refractivity contribution in [3.05, 3.63) is 59.7 Å². The molecular weight excluding hydrogens is 323 g/mol. The second kappa shape index (κ2) is 10.0. The van der Waals surface area contributed by atoms with Gasteiger partial charge < -0.3 is 19.7 Å². The Morgan fingerprint density at radius 2 is 1.24 bits per heavy atom. The Hall–Kier alpha value is -2.11. The molecule has 0 aliphatic heterocycles. The van der Waals surface area contributed by atoms with Gasteiger partial charge >= 0.3 is 0 Å². The van der Waals surface area contributed by atoms with Crippen LogP contribution in [0.4, 0.5) is 4.39 Å². The highest BCUT2D eigenvalue weighted by atomic mass is 19.1. The first-order chi connectivity index (χ1) is 12.1. The molecule has 4 nitrogen and oxygen atoms in total. The summed E-state index contributed by atoms with van der Waals surface area (Å²) in [6.07, 6.45) is -0.0826. The Labute approximate surface area is 147 Å². The molecule has 0 saturated carbocycles. The van der Waals surface area contributed by atoms with Crippen molar-refractivity contribution in [2.75, 3.05) is 19.9 Å². The topological polar surface area (TPSA) is 58.9 Å². The lowest BCUT2D eigenvalue weighted by Crippen LogP contribution is -2.19. The number of hydrogen-bond donors (Lipinski definition) is 2. The number of aliphatic hydroxyl groups is 2. The highest BCUT2D eigenvalue weighted by Crippen LogP contribution is 2.18. The molecule has 2 atom stereocenters. The van der Waals surface area contributed by atoms with E-state index in [0.29, 0.717) is 18.8 Å². The van der Waals surface area contributed by atoms with Crippen molar-refractivity contribution >= 4 is 0 Å². The summed E-state index contributed by atoms with van der Waals surface area (Å²) in [6, 6.07) is 15.3. The second-order valence-electron chi connectivity index (χ2n) is 5.96. The van der Waals surface area contributed by atoms with E-state index in [-0.39, 0.29) is 6.61 Å². The van der Waals surface area contributed by atoms with E-state index in [0.717, 1.165) is 23.3 Å². The van der Waals surface area contributed by atoms with Gasteiger partial charge in [-0.1, -0.05) is 31.2 Å². The standard InChI is InChI=1S/C20H25FO4/c1-2-17(22)13-24-19-7-3-15(4-8-19)11-16-5-9-20(10-6-16)25-14-18(23)12-21/h3-10,17-18,22-23H,2,11-14H2,1H3. The van der Waals surface area contributed by atoms with Crippen LogP contribution in [0.25, 0.3) is 0 Å². The van der Waals surface area contributed by atoms with E-state index < -0.39 is 18.9 Å². The lowest BCUT2D eigenvalue weighted by atomic mass is 10.0. The average Bonchev–Trinajstić information content (AvgIpc) is 2.66. The van der Waals surface area contributed by atoms with Gasteiger partial charge in [-0.15, -0.1) is 0 Å². The molecule has 0 heterocycles. The van der Waals surface area contributed by atoms with Crippen LogP contribution in [0.2, 0.25) is 0 Å². The molecule has 2 aromatic rings. The van der Waals surface area contributed by atoms with E-state index in [1.165, 1.54) is 0 Å². The Morgan fingerprint density at radius 1 is 0.800 bits per heavy atom. The minimum Gasteiger partial charge on any atom is -0.491 e. The maximum absolute atomic E-state index is 12.2. The number of hydrogen-bond acceptors (Lipinski definition) is 4. The van der Waals surface area contributed by atoms with Gasteiger partial charge in [-0.25, -0.2) is 4.39 Å². The van der Waals surface area contributed by atoms with Crippen molar-refractivity contribution in [3.63, 3.8) is 0 Å². The molecule has 136 valence electrons. The minimum atomic E-state index is -1.08. The summed E-state index contributed by atoms with van der Waals surface area (Å²) in [5, 5.41) is 18.7. The van der Waals surface area contributed by atoms with Crippen LogP contribution in [-0.4, -0.2) is 42.3 Å². The molecule has 5 heteroatoms. The number of benzene rings is 2. The van der Waals surface area contributed by atoms with Crippen LogP contribution in [0.15, 0.2) is 48.5 Å². The first-order valence-electron chi connectivity index (χ1n) is 8.46. The van der Waals surface area contributed by atoms with E-state index in [9.17, 15) is 9.50 Å². The average molecular weight is 348 g/mol. The predicted octanol–water partition coefficient (Wildman–Crippen LogP) is 3.14. The van der Waals surface area contributed by atoms with Gasteiger partial charge in [0.2, 0.25) is 0 Å². The third-order valence-electron chi connectivity index (χ3n) is 3.79. The maximum atomic E-state index is 12.2. The lowest BCUT2D eigenvalue weighted by molar-refractivity contribution is 0.0842. The van der Waals surface area contributed by atoms with Gasteiger partial charge in [0.05, 0.1) is 6.10 Å². The SMILES string of the molecule is CCC(O)COc1ccc(Cc2ccc(OCC(O)CF)cc2)cc1. The van der Waals surface area contributed by atoms with Crippen molar-refractivity contribution in [2.24, 2.45) is 0 Å². The largest absolute Gasteiger partial charge is 0.491 e. The van der Waals surface area contributed by atoms with Crippen molar-refractivity contribution in [1.82, 2.24) is 0 Å². The first-order valence-corrected chi connectivity index (χ1v) is 8.46. The number of alkyl halides is 1. The fourth-order valence-electron chi connectivity index (χ4n) is 2.19. The number of halogens is 1. The summed E-state index contributed by atoms with van der Waals surface area (Å²) in [5.74, 6) is 1.35. The molecule has 0 radical (unpaired) electrons. The van der Waals surface area contributed by atoms with Gasteiger partial charge in [-0.2, -0.15) is 0 Å². The molecule has 0 bridgehead atoms. The molecule has 0 aliphatic carbocycles. The quantitative estimate of drug-likeness (QED) is 0.693. The van der Waals surface area contributed by atoms with Gasteiger partial charge in [-0.05, 0) is 48.2 Å². The zero-order valence-electron chi connectivity index (χ0n) is 14.4. The smallest absolute Gasteiger partial charge is 0.119 e. The molecule has 2 aromatic carbocycles. The summed E-state index contributed by atoms with van der Waals surface area (Å²) in [6.45, 7) is 1.35. The zero-order valence-corrected chi connectivity index (χ0v) is 14.4. The zero-order chi connectivity index (χ0) is 18.1. The summed E-state index contributed by atoms with van der Waals surface area (Å²) in [4.78, 5) is 0. The Morgan fingerprint density at radius 3 is 1.64 bits per heavy atom. The van der Waals surface area contributed by atoms with Gasteiger partial charge in [0.25, 0.3) is 0 Å². The molecule has 0 aliphatic rings. The van der Waals surface area contributed by atoms with Crippen molar-refractivity contribution in [3.8, 4) is 11.5 Å². The Kier molecular flexibility index (Phi) is 7.70. The van der Waals surface area contributed by atoms with Crippen LogP contribution < -0.4 is 9.47 Å².